The van der Waals surface area contributed by atoms with Gasteiger partial charge < -0.3 is 16.0 Å². The molecule has 1 atom stereocenters. The predicted octanol–water partition coefficient (Wildman–Crippen LogP) is 3.46. The van der Waals surface area contributed by atoms with Crippen LogP contribution < -0.4 is 16.0 Å². The molecule has 0 aliphatic heterocycles. The van der Waals surface area contributed by atoms with Crippen LogP contribution in [0.15, 0.2) is 29.3 Å². The Morgan fingerprint density at radius 3 is 2.62 bits per heavy atom. The molecule has 2 rings (SSSR count). The third kappa shape index (κ3) is 5.48. The number of hydrogen-bond acceptors (Lipinski definition) is 2. The van der Waals surface area contributed by atoms with Crippen LogP contribution >= 0.6 is 0 Å². The van der Waals surface area contributed by atoms with Crippen molar-refractivity contribution in [2.45, 2.75) is 65.5 Å². The van der Waals surface area contributed by atoms with E-state index in [2.05, 4.69) is 34.8 Å². The SMILES string of the molecule is CCC(C)NC(=O)c1cccc(CNC(=NC)NCC2(CC)CCC2)c1. The summed E-state index contributed by atoms with van der Waals surface area (Å²) >= 11 is 0. The van der Waals surface area contributed by atoms with E-state index in [1.165, 1.54) is 25.7 Å². The summed E-state index contributed by atoms with van der Waals surface area (Å²) < 4.78 is 0. The van der Waals surface area contributed by atoms with Crippen molar-refractivity contribution < 1.29 is 4.79 Å². The molecule has 1 saturated carbocycles. The highest BCUT2D eigenvalue weighted by Crippen LogP contribution is 2.42. The van der Waals surface area contributed by atoms with E-state index >= 15 is 0 Å². The van der Waals surface area contributed by atoms with Crippen LogP contribution in [0.5, 0.6) is 0 Å². The molecule has 0 aromatic heterocycles. The van der Waals surface area contributed by atoms with Gasteiger partial charge in [-0.15, -0.1) is 0 Å². The van der Waals surface area contributed by atoms with Gasteiger partial charge in [0, 0.05) is 31.7 Å². The van der Waals surface area contributed by atoms with Crippen molar-refractivity contribution in [1.82, 2.24) is 16.0 Å². The van der Waals surface area contributed by atoms with Crippen molar-refractivity contribution >= 4 is 11.9 Å². The first-order chi connectivity index (χ1) is 12.5. The van der Waals surface area contributed by atoms with Gasteiger partial charge in [0.25, 0.3) is 5.91 Å². The van der Waals surface area contributed by atoms with E-state index in [1.54, 1.807) is 7.05 Å². The van der Waals surface area contributed by atoms with E-state index < -0.39 is 0 Å². The fraction of sp³-hybridized carbons (Fsp3) is 0.619. The first-order valence-corrected chi connectivity index (χ1v) is 9.86. The van der Waals surface area contributed by atoms with Gasteiger partial charge in [0.2, 0.25) is 0 Å². The molecule has 3 N–H and O–H groups in total. The lowest BCUT2D eigenvalue weighted by atomic mass is 9.67. The molecule has 144 valence electrons. The lowest BCUT2D eigenvalue weighted by Gasteiger charge is -2.41. The summed E-state index contributed by atoms with van der Waals surface area (Å²) in [6.07, 6.45) is 6.09. The van der Waals surface area contributed by atoms with Crippen molar-refractivity contribution in [2.75, 3.05) is 13.6 Å². The number of carbonyl (C=O) groups is 1. The van der Waals surface area contributed by atoms with Crippen LogP contribution in [0.25, 0.3) is 0 Å². The third-order valence-corrected chi connectivity index (χ3v) is 5.66. The zero-order chi connectivity index (χ0) is 19.0. The largest absolute Gasteiger partial charge is 0.356 e. The highest BCUT2D eigenvalue weighted by atomic mass is 16.1. The molecular weight excluding hydrogens is 324 g/mol. The van der Waals surface area contributed by atoms with Crippen molar-refractivity contribution in [3.8, 4) is 0 Å². The predicted molar refractivity (Wildman–Crippen MR) is 108 cm³/mol. The van der Waals surface area contributed by atoms with E-state index in [-0.39, 0.29) is 11.9 Å². The fourth-order valence-corrected chi connectivity index (χ4v) is 3.24. The van der Waals surface area contributed by atoms with Crippen LogP contribution in [0.4, 0.5) is 0 Å². The van der Waals surface area contributed by atoms with Crippen molar-refractivity contribution in [3.05, 3.63) is 35.4 Å². The Balaban J connectivity index is 1.87. The van der Waals surface area contributed by atoms with Gasteiger partial charge in [-0.3, -0.25) is 9.79 Å². The molecule has 26 heavy (non-hydrogen) atoms. The molecule has 0 bridgehead atoms. The molecule has 0 saturated heterocycles. The minimum absolute atomic E-state index is 0.0152. The lowest BCUT2D eigenvalue weighted by molar-refractivity contribution is 0.0939. The molecule has 1 aromatic rings. The highest BCUT2D eigenvalue weighted by molar-refractivity contribution is 5.94. The van der Waals surface area contributed by atoms with Crippen molar-refractivity contribution in [1.29, 1.82) is 0 Å². The topological polar surface area (TPSA) is 65.5 Å². The maximum Gasteiger partial charge on any atom is 0.251 e. The molecule has 0 radical (unpaired) electrons. The minimum Gasteiger partial charge on any atom is -0.356 e. The monoisotopic (exact) mass is 358 g/mol. The number of aliphatic imine (C=N–C) groups is 1. The molecule has 1 fully saturated rings. The second kappa shape index (κ2) is 9.60. The Morgan fingerprint density at radius 1 is 1.27 bits per heavy atom. The lowest BCUT2D eigenvalue weighted by Crippen LogP contribution is -2.46. The summed E-state index contributed by atoms with van der Waals surface area (Å²) in [4.78, 5) is 16.6. The number of guanidine groups is 1. The molecule has 0 spiro atoms. The van der Waals surface area contributed by atoms with Crippen molar-refractivity contribution in [3.63, 3.8) is 0 Å². The van der Waals surface area contributed by atoms with Crippen LogP contribution in [0.3, 0.4) is 0 Å². The van der Waals surface area contributed by atoms with E-state index in [0.717, 1.165) is 24.5 Å². The number of benzene rings is 1. The number of nitrogens with zero attached hydrogens (tertiary/aromatic N) is 1. The first-order valence-electron chi connectivity index (χ1n) is 9.86. The van der Waals surface area contributed by atoms with Gasteiger partial charge in [-0.1, -0.05) is 32.4 Å². The number of carbonyl (C=O) groups excluding carboxylic acids is 1. The van der Waals surface area contributed by atoms with Crippen LogP contribution in [0, 0.1) is 5.41 Å². The Bertz CT molecular complexity index is 617. The summed E-state index contributed by atoms with van der Waals surface area (Å²) in [6.45, 7) is 7.97. The number of rotatable bonds is 8. The summed E-state index contributed by atoms with van der Waals surface area (Å²) in [5, 5.41) is 9.83. The molecule has 0 heterocycles. The summed E-state index contributed by atoms with van der Waals surface area (Å²) in [7, 11) is 1.80. The normalized spacial score (nSPS) is 17.2. The minimum atomic E-state index is -0.0152. The molecule has 5 heteroatoms. The van der Waals surface area contributed by atoms with Gasteiger partial charge in [0.1, 0.15) is 0 Å². The standard InChI is InChI=1S/C21H34N4O/c1-5-16(3)25-19(26)18-10-7-9-17(13-18)14-23-20(22-4)24-15-21(6-2)11-8-12-21/h7,9-10,13,16H,5-6,8,11-12,14-15H2,1-4H3,(H,25,26)(H2,22,23,24). The summed E-state index contributed by atoms with van der Waals surface area (Å²) in [5.41, 5.74) is 2.22. The maximum atomic E-state index is 12.3. The molecule has 1 aromatic carbocycles. The second-order valence-corrected chi connectivity index (χ2v) is 7.47. The van der Waals surface area contributed by atoms with E-state index in [1.807, 2.05) is 31.2 Å². The number of nitrogens with one attached hydrogen (secondary N) is 3. The smallest absolute Gasteiger partial charge is 0.251 e. The Morgan fingerprint density at radius 2 is 2.04 bits per heavy atom. The first kappa shape index (κ1) is 20.3. The van der Waals surface area contributed by atoms with E-state index in [4.69, 9.17) is 0 Å². The number of amides is 1. The molecule has 1 amide bonds. The average molecular weight is 359 g/mol. The fourth-order valence-electron chi connectivity index (χ4n) is 3.24. The van der Waals surface area contributed by atoms with Crippen LogP contribution in [0.1, 0.15) is 68.8 Å². The van der Waals surface area contributed by atoms with Gasteiger partial charge in [-0.05, 0) is 55.7 Å². The third-order valence-electron chi connectivity index (χ3n) is 5.66. The van der Waals surface area contributed by atoms with E-state index in [9.17, 15) is 4.79 Å². The Labute approximate surface area is 158 Å². The maximum absolute atomic E-state index is 12.3. The van der Waals surface area contributed by atoms with Crippen LogP contribution in [-0.4, -0.2) is 31.5 Å². The highest BCUT2D eigenvalue weighted by Gasteiger charge is 2.34. The zero-order valence-electron chi connectivity index (χ0n) is 16.7. The van der Waals surface area contributed by atoms with Gasteiger partial charge >= 0.3 is 0 Å². The molecule has 1 aliphatic carbocycles. The zero-order valence-corrected chi connectivity index (χ0v) is 16.7. The van der Waals surface area contributed by atoms with E-state index in [0.29, 0.717) is 17.5 Å². The molecule has 1 aliphatic rings. The quantitative estimate of drug-likeness (QED) is 0.492. The Kier molecular flexibility index (Phi) is 7.49. The summed E-state index contributed by atoms with van der Waals surface area (Å²) in [6, 6.07) is 7.94. The average Bonchev–Trinajstić information content (AvgIpc) is 2.63. The van der Waals surface area contributed by atoms with Gasteiger partial charge in [0.05, 0.1) is 0 Å². The second-order valence-electron chi connectivity index (χ2n) is 7.47. The Hall–Kier alpha value is -2.04. The molecular formula is C21H34N4O. The van der Waals surface area contributed by atoms with Gasteiger partial charge in [-0.25, -0.2) is 0 Å². The van der Waals surface area contributed by atoms with Gasteiger partial charge in [-0.2, -0.15) is 0 Å². The summed E-state index contributed by atoms with van der Waals surface area (Å²) in [5.74, 6) is 0.803. The van der Waals surface area contributed by atoms with Gasteiger partial charge in [0.15, 0.2) is 5.96 Å². The molecule has 5 nitrogen and oxygen atoms in total. The molecule has 1 unspecified atom stereocenters. The van der Waals surface area contributed by atoms with Crippen molar-refractivity contribution in [2.24, 2.45) is 10.4 Å². The van der Waals surface area contributed by atoms with Crippen LogP contribution in [-0.2, 0) is 6.54 Å². The van der Waals surface area contributed by atoms with Crippen LogP contribution in [0.2, 0.25) is 0 Å². The number of hydrogen-bond donors (Lipinski definition) is 3.